The first-order valence-electron chi connectivity index (χ1n) is 7.05. The molecule has 3 N–H and O–H groups in total. The molecular formula is C16H19N3O. The van der Waals surface area contributed by atoms with Gasteiger partial charge in [-0.15, -0.1) is 0 Å². The summed E-state index contributed by atoms with van der Waals surface area (Å²) in [6.07, 6.45) is 2.37. The van der Waals surface area contributed by atoms with Crippen molar-refractivity contribution in [1.29, 1.82) is 0 Å². The van der Waals surface area contributed by atoms with Gasteiger partial charge in [0.05, 0.1) is 11.1 Å². The van der Waals surface area contributed by atoms with Gasteiger partial charge in [0.2, 0.25) is 0 Å². The van der Waals surface area contributed by atoms with Crippen LogP contribution in [0, 0.1) is 12.8 Å². The van der Waals surface area contributed by atoms with Crippen LogP contribution in [0.5, 0.6) is 0 Å². The largest absolute Gasteiger partial charge is 0.350 e. The Hall–Kier alpha value is -1.94. The lowest BCUT2D eigenvalue weighted by Crippen LogP contribution is -2.38. The van der Waals surface area contributed by atoms with Crippen molar-refractivity contribution < 1.29 is 4.79 Å². The first-order chi connectivity index (χ1) is 9.65. The van der Waals surface area contributed by atoms with Crippen molar-refractivity contribution in [3.8, 4) is 0 Å². The maximum Gasteiger partial charge on any atom is 0.253 e. The molecule has 2 aromatic rings. The number of carbonyl (C=O) groups excluding carboxylic acids is 1. The zero-order chi connectivity index (χ0) is 14.1. The van der Waals surface area contributed by atoms with Gasteiger partial charge in [0.1, 0.15) is 0 Å². The summed E-state index contributed by atoms with van der Waals surface area (Å²) in [7, 11) is 0. The van der Waals surface area contributed by atoms with Crippen LogP contribution in [0.1, 0.15) is 28.9 Å². The monoisotopic (exact) mass is 269 g/mol. The molecule has 0 radical (unpaired) electrons. The van der Waals surface area contributed by atoms with Crippen LogP contribution in [-0.2, 0) is 0 Å². The minimum Gasteiger partial charge on any atom is -0.350 e. The van der Waals surface area contributed by atoms with Gasteiger partial charge in [-0.05, 0) is 37.8 Å². The number of aryl methyl sites for hydroxylation is 1. The quantitative estimate of drug-likeness (QED) is 0.892. The number of para-hydroxylation sites is 1. The maximum absolute atomic E-state index is 12.3. The summed E-state index contributed by atoms with van der Waals surface area (Å²) in [5, 5.41) is 3.91. The van der Waals surface area contributed by atoms with E-state index >= 15 is 0 Å². The lowest BCUT2D eigenvalue weighted by Gasteiger charge is -2.12. The lowest BCUT2D eigenvalue weighted by atomic mass is 10.1. The van der Waals surface area contributed by atoms with Gasteiger partial charge >= 0.3 is 0 Å². The van der Waals surface area contributed by atoms with Gasteiger partial charge in [0.25, 0.3) is 5.91 Å². The number of nitrogens with one attached hydrogen (secondary N) is 1. The van der Waals surface area contributed by atoms with Crippen LogP contribution < -0.4 is 11.1 Å². The number of hydrogen-bond donors (Lipinski definition) is 2. The van der Waals surface area contributed by atoms with Crippen LogP contribution >= 0.6 is 0 Å². The summed E-state index contributed by atoms with van der Waals surface area (Å²) in [4.78, 5) is 16.8. The predicted octanol–water partition coefficient (Wildman–Crippen LogP) is 2.01. The van der Waals surface area contributed by atoms with Gasteiger partial charge in [0.15, 0.2) is 0 Å². The van der Waals surface area contributed by atoms with E-state index in [4.69, 9.17) is 5.73 Å². The molecule has 3 rings (SSSR count). The fourth-order valence-corrected chi connectivity index (χ4v) is 2.42. The summed E-state index contributed by atoms with van der Waals surface area (Å²) in [6.45, 7) is 2.46. The lowest BCUT2D eigenvalue weighted by molar-refractivity contribution is 0.0952. The van der Waals surface area contributed by atoms with Crippen molar-refractivity contribution in [2.24, 2.45) is 11.7 Å². The van der Waals surface area contributed by atoms with Gasteiger partial charge < -0.3 is 11.1 Å². The van der Waals surface area contributed by atoms with Crippen LogP contribution in [-0.4, -0.2) is 23.5 Å². The Morgan fingerprint density at radius 2 is 2.20 bits per heavy atom. The second kappa shape index (κ2) is 5.21. The third-order valence-electron chi connectivity index (χ3n) is 3.83. The van der Waals surface area contributed by atoms with Crippen LogP contribution in [0.15, 0.2) is 30.3 Å². The van der Waals surface area contributed by atoms with Crippen LogP contribution in [0.3, 0.4) is 0 Å². The average Bonchev–Trinajstić information content (AvgIpc) is 3.28. The normalized spacial score (nSPS) is 16.1. The zero-order valence-corrected chi connectivity index (χ0v) is 11.6. The molecule has 0 bridgehead atoms. The molecule has 0 spiro atoms. The molecule has 1 aliphatic rings. The van der Waals surface area contributed by atoms with E-state index in [9.17, 15) is 4.79 Å². The van der Waals surface area contributed by atoms with Crippen LogP contribution in [0.2, 0.25) is 0 Å². The maximum atomic E-state index is 12.3. The van der Waals surface area contributed by atoms with Crippen molar-refractivity contribution in [3.63, 3.8) is 0 Å². The molecule has 1 aromatic heterocycles. The van der Waals surface area contributed by atoms with E-state index in [2.05, 4.69) is 10.3 Å². The highest BCUT2D eigenvalue weighted by Gasteiger charge is 2.28. The SMILES string of the molecule is Cc1ccc2cccc(C(=O)NCC(N)C3CC3)c2n1. The van der Waals surface area contributed by atoms with E-state index < -0.39 is 0 Å². The molecule has 0 aliphatic heterocycles. The molecule has 1 amide bonds. The molecule has 4 heteroatoms. The van der Waals surface area contributed by atoms with Gasteiger partial charge in [0, 0.05) is 23.7 Å². The summed E-state index contributed by atoms with van der Waals surface area (Å²) in [6, 6.07) is 9.68. The predicted molar refractivity (Wildman–Crippen MR) is 79.5 cm³/mol. The van der Waals surface area contributed by atoms with Crippen molar-refractivity contribution in [2.75, 3.05) is 6.54 Å². The molecule has 1 heterocycles. The molecule has 1 unspecified atom stereocenters. The van der Waals surface area contributed by atoms with Gasteiger partial charge in [-0.1, -0.05) is 18.2 Å². The molecule has 1 saturated carbocycles. The third kappa shape index (κ3) is 2.65. The first-order valence-corrected chi connectivity index (χ1v) is 7.05. The van der Waals surface area contributed by atoms with E-state index in [-0.39, 0.29) is 11.9 Å². The number of nitrogens with zero attached hydrogens (tertiary/aromatic N) is 1. The van der Waals surface area contributed by atoms with E-state index in [1.807, 2.05) is 37.3 Å². The highest BCUT2D eigenvalue weighted by atomic mass is 16.1. The topological polar surface area (TPSA) is 68.0 Å². The molecule has 4 nitrogen and oxygen atoms in total. The number of benzene rings is 1. The standard InChI is InChI=1S/C16H19N3O/c1-10-5-6-12-3-2-4-13(15(12)19-10)16(20)18-9-14(17)11-7-8-11/h2-6,11,14H,7-9,17H2,1H3,(H,18,20). The molecule has 1 aromatic carbocycles. The number of fused-ring (bicyclic) bond motifs is 1. The third-order valence-corrected chi connectivity index (χ3v) is 3.83. The number of amides is 1. The smallest absolute Gasteiger partial charge is 0.253 e. The molecule has 1 fully saturated rings. The van der Waals surface area contributed by atoms with E-state index in [1.165, 1.54) is 12.8 Å². The zero-order valence-electron chi connectivity index (χ0n) is 11.6. The fourth-order valence-electron chi connectivity index (χ4n) is 2.42. The number of hydrogen-bond acceptors (Lipinski definition) is 3. The Morgan fingerprint density at radius 1 is 1.40 bits per heavy atom. The number of rotatable bonds is 4. The van der Waals surface area contributed by atoms with Crippen molar-refractivity contribution in [3.05, 3.63) is 41.6 Å². The summed E-state index contributed by atoms with van der Waals surface area (Å²) in [5.74, 6) is 0.494. The average molecular weight is 269 g/mol. The summed E-state index contributed by atoms with van der Waals surface area (Å²) >= 11 is 0. The Kier molecular flexibility index (Phi) is 3.40. The second-order valence-electron chi connectivity index (χ2n) is 5.54. The number of nitrogens with two attached hydrogens (primary N) is 1. The Labute approximate surface area is 118 Å². The van der Waals surface area contributed by atoms with Gasteiger partial charge in [-0.25, -0.2) is 0 Å². The first kappa shape index (κ1) is 13.1. The van der Waals surface area contributed by atoms with Crippen LogP contribution in [0.4, 0.5) is 0 Å². The molecule has 0 saturated heterocycles. The minimum atomic E-state index is -0.0928. The highest BCUT2D eigenvalue weighted by Crippen LogP contribution is 2.31. The van der Waals surface area contributed by atoms with Crippen LogP contribution in [0.25, 0.3) is 10.9 Å². The van der Waals surface area contributed by atoms with Crippen molar-refractivity contribution >= 4 is 16.8 Å². The molecule has 1 atom stereocenters. The Bertz CT molecular complexity index is 649. The van der Waals surface area contributed by atoms with Crippen molar-refractivity contribution in [1.82, 2.24) is 10.3 Å². The highest BCUT2D eigenvalue weighted by molar-refractivity contribution is 6.05. The molecule has 20 heavy (non-hydrogen) atoms. The van der Waals surface area contributed by atoms with Gasteiger partial charge in [-0.3, -0.25) is 9.78 Å². The summed E-state index contributed by atoms with van der Waals surface area (Å²) in [5.41, 5.74) is 8.30. The van der Waals surface area contributed by atoms with E-state index in [1.54, 1.807) is 0 Å². The summed E-state index contributed by atoms with van der Waals surface area (Å²) < 4.78 is 0. The number of carbonyl (C=O) groups is 1. The van der Waals surface area contributed by atoms with E-state index in [0.717, 1.165) is 16.6 Å². The fraction of sp³-hybridized carbons (Fsp3) is 0.375. The van der Waals surface area contributed by atoms with Crippen molar-refractivity contribution in [2.45, 2.75) is 25.8 Å². The number of pyridine rings is 1. The Morgan fingerprint density at radius 3 is 2.95 bits per heavy atom. The number of aromatic nitrogens is 1. The second-order valence-corrected chi connectivity index (χ2v) is 5.54. The molecule has 104 valence electrons. The minimum absolute atomic E-state index is 0.0728. The Balaban J connectivity index is 1.81. The van der Waals surface area contributed by atoms with Gasteiger partial charge in [-0.2, -0.15) is 0 Å². The molecular weight excluding hydrogens is 250 g/mol. The molecule has 1 aliphatic carbocycles. The van der Waals surface area contributed by atoms with E-state index in [0.29, 0.717) is 18.0 Å².